The van der Waals surface area contributed by atoms with Gasteiger partial charge in [-0.1, -0.05) is 12.1 Å². The molecule has 0 spiro atoms. The van der Waals surface area contributed by atoms with E-state index in [9.17, 15) is 0 Å². The van der Waals surface area contributed by atoms with E-state index in [4.69, 9.17) is 14.0 Å². The zero-order valence-electron chi connectivity index (χ0n) is 4.89. The Morgan fingerprint density at radius 2 is 1.90 bits per heavy atom. The van der Waals surface area contributed by atoms with Crippen LogP contribution in [0, 0.1) is 0 Å². The van der Waals surface area contributed by atoms with Crippen molar-refractivity contribution in [3.05, 3.63) is 22.9 Å². The van der Waals surface area contributed by atoms with Crippen molar-refractivity contribution in [1.82, 2.24) is 4.89 Å². The van der Waals surface area contributed by atoms with Crippen molar-refractivity contribution < 1.29 is 14.0 Å². The van der Waals surface area contributed by atoms with Crippen LogP contribution >= 0.6 is 11.3 Å². The fraction of sp³-hybridized carbons (Fsp3) is 0. The number of hydrogen-bond donors (Lipinski definition) is 2. The Morgan fingerprint density at radius 1 is 1.50 bits per heavy atom. The summed E-state index contributed by atoms with van der Waals surface area (Å²) < 4.78 is 18.0. The lowest BCUT2D eigenvalue weighted by Crippen LogP contribution is -2.08. The van der Waals surface area contributed by atoms with Crippen molar-refractivity contribution in [2.24, 2.45) is 0 Å². The van der Waals surface area contributed by atoms with E-state index in [1.54, 1.807) is 11.3 Å². The molecule has 4 nitrogen and oxygen atoms in total. The van der Waals surface area contributed by atoms with Crippen molar-refractivity contribution in [3.8, 4) is 0 Å². The fourth-order valence-corrected chi connectivity index (χ4v) is 0.680. The second-order valence-corrected chi connectivity index (χ2v) is 2.59. The van der Waals surface area contributed by atoms with Gasteiger partial charge in [0, 0.05) is 11.3 Å². The van der Waals surface area contributed by atoms with Crippen molar-refractivity contribution >= 4 is 22.6 Å². The third-order valence-corrected chi connectivity index (χ3v) is 1.28. The largest absolute Gasteiger partial charge is 0.758 e. The molecule has 1 atom stereocenters. The molecule has 0 aliphatic rings. The van der Waals surface area contributed by atoms with E-state index in [-0.39, 0.29) is 0 Å². The molecule has 0 saturated heterocycles. The van der Waals surface area contributed by atoms with Gasteiger partial charge in [0.2, 0.25) is 0 Å². The molecule has 2 N–H and O–H groups in total. The monoisotopic (exact) mass is 180 g/mol. The highest BCUT2D eigenvalue weighted by atomic mass is 32.2. The minimum atomic E-state index is -2.52. The van der Waals surface area contributed by atoms with E-state index < -0.39 is 11.3 Å². The van der Waals surface area contributed by atoms with Gasteiger partial charge >= 0.3 is 0 Å². The lowest BCUT2D eigenvalue weighted by Gasteiger charge is -1.94. The first-order chi connectivity index (χ1) is 4.77. The Hall–Kier alpha value is -0.270. The molecule has 58 valence electrons. The molecule has 0 fully saturated rings. The Balaban J connectivity index is 0.000000162. The molecule has 0 bridgehead atoms. The van der Waals surface area contributed by atoms with Gasteiger partial charge in [0.1, 0.15) is 0 Å². The molecule has 1 unspecified atom stereocenters. The lowest BCUT2D eigenvalue weighted by atomic mass is 10.7. The minimum absolute atomic E-state index is 0.944. The van der Waals surface area contributed by atoms with Gasteiger partial charge in [-0.15, -0.1) is 4.89 Å². The van der Waals surface area contributed by atoms with Crippen LogP contribution in [-0.2, 0) is 11.3 Å². The summed E-state index contributed by atoms with van der Waals surface area (Å²) in [5, 5.41) is 11.4. The van der Waals surface area contributed by atoms with Crippen molar-refractivity contribution in [2.45, 2.75) is 0 Å². The summed E-state index contributed by atoms with van der Waals surface area (Å²) in [6.45, 7) is 0. The predicted octanol–water partition coefficient (Wildman–Crippen LogP) is 0.507. The molecule has 0 saturated carbocycles. The van der Waals surface area contributed by atoms with E-state index in [1.807, 2.05) is 22.9 Å². The molecule has 0 amide bonds. The van der Waals surface area contributed by atoms with Crippen LogP contribution < -0.4 is 4.89 Å². The molecular weight excluding hydrogens is 174 g/mol. The van der Waals surface area contributed by atoms with Crippen molar-refractivity contribution in [2.75, 3.05) is 0 Å². The molecule has 1 heterocycles. The van der Waals surface area contributed by atoms with Gasteiger partial charge in [-0.3, -0.25) is 4.21 Å². The van der Waals surface area contributed by atoms with Gasteiger partial charge in [0.25, 0.3) is 0 Å². The molecule has 1 aromatic heterocycles. The zero-order chi connectivity index (χ0) is 7.82. The van der Waals surface area contributed by atoms with E-state index >= 15 is 0 Å². The molecule has 0 aliphatic heterocycles. The molecule has 6 heteroatoms. The Labute approximate surface area is 64.9 Å². The SMILES string of the molecule is O=S([O-])NO.c1ccsc1. The average Bonchev–Trinajstić information content (AvgIpc) is 2.43. The smallest absolute Gasteiger partial charge is 0.0425 e. The molecule has 1 rings (SSSR count). The van der Waals surface area contributed by atoms with E-state index in [2.05, 4.69) is 0 Å². The van der Waals surface area contributed by atoms with Crippen molar-refractivity contribution in [3.63, 3.8) is 0 Å². The molecular formula is C4H6NO3S2-. The topological polar surface area (TPSA) is 72.4 Å². The number of nitrogens with one attached hydrogen (secondary N) is 1. The van der Waals surface area contributed by atoms with Crippen LogP contribution in [0.5, 0.6) is 0 Å². The van der Waals surface area contributed by atoms with Crippen LogP contribution in [0.3, 0.4) is 0 Å². The van der Waals surface area contributed by atoms with Gasteiger partial charge in [-0.05, 0) is 10.8 Å². The molecule has 1 aromatic rings. The van der Waals surface area contributed by atoms with Gasteiger partial charge in [0.15, 0.2) is 0 Å². The number of rotatable bonds is 1. The first kappa shape index (κ1) is 9.73. The lowest BCUT2D eigenvalue weighted by molar-refractivity contribution is 0.237. The summed E-state index contributed by atoms with van der Waals surface area (Å²) in [5.74, 6) is 0. The summed E-state index contributed by atoms with van der Waals surface area (Å²) in [5.41, 5.74) is 0. The maximum atomic E-state index is 9.01. The summed E-state index contributed by atoms with van der Waals surface area (Å²) in [6, 6.07) is 4.04. The number of hydrogen-bond acceptors (Lipinski definition) is 4. The second-order valence-electron chi connectivity index (χ2n) is 1.12. The normalized spacial score (nSPS) is 11.4. The summed E-state index contributed by atoms with van der Waals surface area (Å²) >= 11 is -0.804. The summed E-state index contributed by atoms with van der Waals surface area (Å²) in [7, 11) is 0. The Kier molecular flexibility index (Phi) is 6.66. The van der Waals surface area contributed by atoms with Gasteiger partial charge in [0.05, 0.1) is 0 Å². The second kappa shape index (κ2) is 6.84. The maximum Gasteiger partial charge on any atom is 0.0425 e. The molecule has 0 aliphatic carbocycles. The molecule has 10 heavy (non-hydrogen) atoms. The van der Waals surface area contributed by atoms with E-state index in [0.29, 0.717) is 0 Å². The van der Waals surface area contributed by atoms with Crippen LogP contribution in [0.2, 0.25) is 0 Å². The van der Waals surface area contributed by atoms with Crippen LogP contribution in [0.25, 0.3) is 0 Å². The highest BCUT2D eigenvalue weighted by molar-refractivity contribution is 7.76. The van der Waals surface area contributed by atoms with Crippen molar-refractivity contribution in [1.29, 1.82) is 0 Å². The third-order valence-electron chi connectivity index (χ3n) is 0.500. The van der Waals surface area contributed by atoms with E-state index in [1.165, 1.54) is 0 Å². The molecule has 0 radical (unpaired) electrons. The zero-order valence-corrected chi connectivity index (χ0v) is 6.52. The minimum Gasteiger partial charge on any atom is -0.758 e. The quantitative estimate of drug-likeness (QED) is 0.488. The molecule has 0 aromatic carbocycles. The van der Waals surface area contributed by atoms with Gasteiger partial charge in [-0.25, -0.2) is 0 Å². The van der Waals surface area contributed by atoms with Crippen LogP contribution in [0.4, 0.5) is 0 Å². The maximum absolute atomic E-state index is 9.01. The van der Waals surface area contributed by atoms with E-state index in [0.717, 1.165) is 4.89 Å². The standard InChI is InChI=1S/C4H4S.H3NO3S/c1-2-4-5-3-1;2-1-5(3)4/h1-4H;1-2H,(H,3,4)/p-1. The first-order valence-electron chi connectivity index (χ1n) is 2.23. The third kappa shape index (κ3) is 7.73. The van der Waals surface area contributed by atoms with Gasteiger partial charge < -0.3 is 9.76 Å². The van der Waals surface area contributed by atoms with Crippen LogP contribution in [0.1, 0.15) is 0 Å². The fourth-order valence-electron chi connectivity index (χ4n) is 0.227. The number of thiophene rings is 1. The highest BCUT2D eigenvalue weighted by Crippen LogP contribution is 1.91. The van der Waals surface area contributed by atoms with Gasteiger partial charge in [-0.2, -0.15) is 11.3 Å². The van der Waals surface area contributed by atoms with Crippen LogP contribution in [-0.4, -0.2) is 14.0 Å². The Bertz CT molecular complexity index is 148. The summed E-state index contributed by atoms with van der Waals surface area (Å²) in [6.07, 6.45) is 0. The average molecular weight is 180 g/mol. The predicted molar refractivity (Wildman–Crippen MR) is 38.2 cm³/mol. The van der Waals surface area contributed by atoms with Crippen LogP contribution in [0.15, 0.2) is 22.9 Å². The highest BCUT2D eigenvalue weighted by Gasteiger charge is 1.59. The first-order valence-corrected chi connectivity index (χ1v) is 4.25. The Morgan fingerprint density at radius 3 is 2.00 bits per heavy atom. The summed E-state index contributed by atoms with van der Waals surface area (Å²) in [4.78, 5) is 0.944.